The molecule has 1 saturated carbocycles. The molecule has 1 atom stereocenters. The number of ether oxygens (including phenoxy) is 1. The smallest absolute Gasteiger partial charge is 0.244 e. The number of carbonyl (C=O) groups is 1. The summed E-state index contributed by atoms with van der Waals surface area (Å²) in [5.74, 6) is 0.219. The average Bonchev–Trinajstić information content (AvgIpc) is 2.53. The van der Waals surface area contributed by atoms with Crippen molar-refractivity contribution < 1.29 is 9.53 Å². The largest absolute Gasteiger partial charge is 0.378 e. The topological polar surface area (TPSA) is 64.3 Å². The van der Waals surface area contributed by atoms with Crippen molar-refractivity contribution in [3.63, 3.8) is 0 Å². The Morgan fingerprint density at radius 3 is 2.52 bits per heavy atom. The number of primary amides is 1. The van der Waals surface area contributed by atoms with E-state index in [1.165, 1.54) is 32.1 Å². The second-order valence-corrected chi connectivity index (χ2v) is 5.90. The van der Waals surface area contributed by atoms with E-state index < -0.39 is 11.4 Å². The molecule has 0 heterocycles. The first-order valence-electron chi connectivity index (χ1n) is 7.81. The Hall–Kier alpha value is -1.39. The van der Waals surface area contributed by atoms with Gasteiger partial charge in [-0.25, -0.2) is 0 Å². The molecular weight excluding hydrogens is 264 g/mol. The lowest BCUT2D eigenvalue weighted by Crippen LogP contribution is -2.54. The molecular formula is C17H26N2O2. The molecule has 4 nitrogen and oxygen atoms in total. The van der Waals surface area contributed by atoms with Gasteiger partial charge in [0.1, 0.15) is 5.54 Å². The quantitative estimate of drug-likeness (QED) is 0.809. The summed E-state index contributed by atoms with van der Waals surface area (Å²) in [7, 11) is 1.75. The first kappa shape index (κ1) is 16.0. The van der Waals surface area contributed by atoms with E-state index in [0.717, 1.165) is 5.56 Å². The van der Waals surface area contributed by atoms with Crippen molar-refractivity contribution in [2.24, 2.45) is 11.7 Å². The number of hydrogen-bond donors (Lipinski definition) is 2. The summed E-state index contributed by atoms with van der Waals surface area (Å²) < 4.78 is 5.88. The fourth-order valence-corrected chi connectivity index (χ4v) is 3.09. The Balaban J connectivity index is 2.01. The monoisotopic (exact) mass is 290 g/mol. The lowest BCUT2D eigenvalue weighted by molar-refractivity contribution is -0.127. The van der Waals surface area contributed by atoms with Gasteiger partial charge in [0.2, 0.25) is 5.91 Å². The predicted octanol–water partition coefficient (Wildman–Crippen LogP) is 2.18. The third-order valence-corrected chi connectivity index (χ3v) is 4.51. The van der Waals surface area contributed by atoms with E-state index in [-0.39, 0.29) is 6.61 Å². The summed E-state index contributed by atoms with van der Waals surface area (Å²) in [5.41, 5.74) is 5.55. The SMILES string of the molecule is CNC(COCC1CCCCC1)(C(N)=O)c1ccccc1. The molecule has 1 aliphatic carbocycles. The van der Waals surface area contributed by atoms with Crippen molar-refractivity contribution in [2.45, 2.75) is 37.6 Å². The van der Waals surface area contributed by atoms with Gasteiger partial charge in [-0.05, 0) is 31.4 Å². The fraction of sp³-hybridized carbons (Fsp3) is 0.588. The van der Waals surface area contributed by atoms with Crippen LogP contribution in [0.25, 0.3) is 0 Å². The van der Waals surface area contributed by atoms with Gasteiger partial charge < -0.3 is 15.8 Å². The maximum Gasteiger partial charge on any atom is 0.244 e. The van der Waals surface area contributed by atoms with Crippen molar-refractivity contribution in [1.82, 2.24) is 5.32 Å². The molecule has 3 N–H and O–H groups in total. The third-order valence-electron chi connectivity index (χ3n) is 4.51. The minimum atomic E-state index is -0.948. The Morgan fingerprint density at radius 1 is 1.29 bits per heavy atom. The van der Waals surface area contributed by atoms with Gasteiger partial charge in [-0.2, -0.15) is 0 Å². The van der Waals surface area contributed by atoms with Gasteiger partial charge >= 0.3 is 0 Å². The van der Waals surface area contributed by atoms with Crippen LogP contribution in [0.4, 0.5) is 0 Å². The van der Waals surface area contributed by atoms with Gasteiger partial charge in [-0.3, -0.25) is 4.79 Å². The number of hydrogen-bond acceptors (Lipinski definition) is 3. The summed E-state index contributed by atoms with van der Waals surface area (Å²) in [6, 6.07) is 9.56. The van der Waals surface area contributed by atoms with Crippen LogP contribution in [-0.4, -0.2) is 26.2 Å². The van der Waals surface area contributed by atoms with Gasteiger partial charge in [0, 0.05) is 6.61 Å². The Morgan fingerprint density at radius 2 is 1.95 bits per heavy atom. The molecule has 0 aromatic heterocycles. The second kappa shape index (κ2) is 7.57. The van der Waals surface area contributed by atoms with Crippen molar-refractivity contribution in [3.05, 3.63) is 35.9 Å². The van der Waals surface area contributed by atoms with Crippen molar-refractivity contribution >= 4 is 5.91 Å². The highest BCUT2D eigenvalue weighted by Crippen LogP contribution is 2.25. The van der Waals surface area contributed by atoms with Crippen LogP contribution in [-0.2, 0) is 15.1 Å². The molecule has 1 aromatic rings. The molecule has 1 fully saturated rings. The second-order valence-electron chi connectivity index (χ2n) is 5.90. The highest BCUT2D eigenvalue weighted by molar-refractivity contribution is 5.86. The first-order chi connectivity index (χ1) is 10.2. The zero-order valence-electron chi connectivity index (χ0n) is 12.8. The molecule has 0 saturated heterocycles. The van der Waals surface area contributed by atoms with Gasteiger partial charge in [-0.1, -0.05) is 49.6 Å². The number of likely N-dealkylation sites (N-methyl/N-ethyl adjacent to an activating group) is 1. The zero-order valence-corrected chi connectivity index (χ0v) is 12.8. The van der Waals surface area contributed by atoms with E-state index in [2.05, 4.69) is 5.32 Å². The highest BCUT2D eigenvalue weighted by Gasteiger charge is 2.37. The van der Waals surface area contributed by atoms with E-state index in [0.29, 0.717) is 12.5 Å². The number of nitrogens with two attached hydrogens (primary N) is 1. The number of benzene rings is 1. The van der Waals surface area contributed by atoms with E-state index in [1.54, 1.807) is 7.05 Å². The van der Waals surface area contributed by atoms with Crippen LogP contribution in [0.1, 0.15) is 37.7 Å². The van der Waals surface area contributed by atoms with Crippen LogP contribution in [0, 0.1) is 5.92 Å². The molecule has 0 bridgehead atoms. The molecule has 1 aromatic carbocycles. The molecule has 116 valence electrons. The summed E-state index contributed by atoms with van der Waals surface area (Å²) in [6.07, 6.45) is 6.38. The minimum absolute atomic E-state index is 0.277. The average molecular weight is 290 g/mol. The van der Waals surface area contributed by atoms with E-state index in [4.69, 9.17) is 10.5 Å². The van der Waals surface area contributed by atoms with E-state index in [9.17, 15) is 4.79 Å². The minimum Gasteiger partial charge on any atom is -0.378 e. The van der Waals surface area contributed by atoms with Crippen LogP contribution in [0.2, 0.25) is 0 Å². The number of amides is 1. The molecule has 4 heteroatoms. The summed E-state index contributed by atoms with van der Waals surface area (Å²) in [6.45, 7) is 0.989. The van der Waals surface area contributed by atoms with Crippen molar-refractivity contribution in [1.29, 1.82) is 0 Å². The van der Waals surface area contributed by atoms with Crippen molar-refractivity contribution in [3.8, 4) is 0 Å². The Bertz CT molecular complexity index is 443. The van der Waals surface area contributed by atoms with Gasteiger partial charge in [0.15, 0.2) is 0 Å². The van der Waals surface area contributed by atoms with Crippen LogP contribution in [0.5, 0.6) is 0 Å². The predicted molar refractivity (Wildman–Crippen MR) is 83.8 cm³/mol. The summed E-state index contributed by atoms with van der Waals surface area (Å²) in [4.78, 5) is 12.0. The molecule has 0 radical (unpaired) electrons. The van der Waals surface area contributed by atoms with Gasteiger partial charge in [0.25, 0.3) is 0 Å². The molecule has 21 heavy (non-hydrogen) atoms. The lowest BCUT2D eigenvalue weighted by atomic mass is 9.89. The standard InChI is InChI=1S/C17H26N2O2/c1-19-17(16(18)20,15-10-6-3-7-11-15)13-21-12-14-8-4-2-5-9-14/h3,6-7,10-11,14,19H,2,4-5,8-9,12-13H2,1H3,(H2,18,20). The van der Waals surface area contributed by atoms with Crippen LogP contribution >= 0.6 is 0 Å². The normalized spacial score (nSPS) is 19.1. The molecule has 1 aliphatic rings. The fourth-order valence-electron chi connectivity index (χ4n) is 3.09. The molecule has 0 spiro atoms. The maximum atomic E-state index is 12.0. The Kier molecular flexibility index (Phi) is 5.76. The first-order valence-corrected chi connectivity index (χ1v) is 7.81. The van der Waals surface area contributed by atoms with E-state index >= 15 is 0 Å². The molecule has 1 amide bonds. The Labute approximate surface area is 127 Å². The zero-order chi connectivity index (χ0) is 15.1. The van der Waals surface area contributed by atoms with Crippen LogP contribution < -0.4 is 11.1 Å². The highest BCUT2D eigenvalue weighted by atomic mass is 16.5. The maximum absolute atomic E-state index is 12.0. The molecule has 1 unspecified atom stereocenters. The van der Waals surface area contributed by atoms with Crippen LogP contribution in [0.3, 0.4) is 0 Å². The third kappa shape index (κ3) is 3.83. The number of nitrogens with one attached hydrogen (secondary N) is 1. The molecule has 0 aliphatic heterocycles. The lowest BCUT2D eigenvalue weighted by Gasteiger charge is -2.31. The van der Waals surface area contributed by atoms with E-state index in [1.807, 2.05) is 30.3 Å². The van der Waals surface area contributed by atoms with Gasteiger partial charge in [-0.15, -0.1) is 0 Å². The molecule has 2 rings (SSSR count). The van der Waals surface area contributed by atoms with Crippen molar-refractivity contribution in [2.75, 3.05) is 20.3 Å². The van der Waals surface area contributed by atoms with Gasteiger partial charge in [0.05, 0.1) is 6.61 Å². The number of rotatable bonds is 7. The van der Waals surface area contributed by atoms with Crippen LogP contribution in [0.15, 0.2) is 30.3 Å². The number of carbonyl (C=O) groups excluding carboxylic acids is 1. The summed E-state index contributed by atoms with van der Waals surface area (Å²) >= 11 is 0. The summed E-state index contributed by atoms with van der Waals surface area (Å²) in [5, 5.41) is 3.07.